The van der Waals surface area contributed by atoms with E-state index in [1.165, 1.54) is 0 Å². The standard InChI is InChI=1S/C12H16ClNO2/c1-2-14(6-7-15)9-12(16)10-4-3-5-11(13)8-10/h3-5,8,15H,2,6-7,9H2,1H3. The molecule has 0 aliphatic carbocycles. The second-order valence-corrected chi connectivity index (χ2v) is 3.96. The summed E-state index contributed by atoms with van der Waals surface area (Å²) in [4.78, 5) is 13.8. The minimum absolute atomic E-state index is 0.0257. The molecule has 1 N–H and O–H groups in total. The fraction of sp³-hybridized carbons (Fsp3) is 0.417. The van der Waals surface area contributed by atoms with E-state index in [1.807, 2.05) is 11.8 Å². The molecule has 0 atom stereocenters. The van der Waals surface area contributed by atoms with Crippen molar-refractivity contribution in [2.75, 3.05) is 26.2 Å². The van der Waals surface area contributed by atoms with E-state index in [0.717, 1.165) is 6.54 Å². The van der Waals surface area contributed by atoms with Crippen molar-refractivity contribution in [3.8, 4) is 0 Å². The molecule has 0 radical (unpaired) electrons. The Balaban J connectivity index is 2.64. The highest BCUT2D eigenvalue weighted by Crippen LogP contribution is 2.11. The molecular formula is C12H16ClNO2. The van der Waals surface area contributed by atoms with E-state index in [0.29, 0.717) is 23.7 Å². The number of carbonyl (C=O) groups excluding carboxylic acids is 1. The number of rotatable bonds is 6. The SMILES string of the molecule is CCN(CCO)CC(=O)c1cccc(Cl)c1. The van der Waals surface area contributed by atoms with Gasteiger partial charge in [0.25, 0.3) is 0 Å². The monoisotopic (exact) mass is 241 g/mol. The van der Waals surface area contributed by atoms with Crippen LogP contribution in [-0.4, -0.2) is 42.0 Å². The molecule has 0 saturated carbocycles. The Labute approximate surface area is 101 Å². The van der Waals surface area contributed by atoms with Crippen LogP contribution in [0.15, 0.2) is 24.3 Å². The van der Waals surface area contributed by atoms with E-state index in [-0.39, 0.29) is 12.4 Å². The highest BCUT2D eigenvalue weighted by molar-refractivity contribution is 6.31. The minimum atomic E-state index is 0.0257. The van der Waals surface area contributed by atoms with Gasteiger partial charge < -0.3 is 5.11 Å². The zero-order valence-electron chi connectivity index (χ0n) is 9.32. The van der Waals surface area contributed by atoms with Crippen LogP contribution in [0.25, 0.3) is 0 Å². The number of carbonyl (C=O) groups is 1. The van der Waals surface area contributed by atoms with Gasteiger partial charge in [0.1, 0.15) is 0 Å². The molecule has 1 rings (SSSR count). The van der Waals surface area contributed by atoms with Crippen molar-refractivity contribution in [3.05, 3.63) is 34.9 Å². The number of halogens is 1. The quantitative estimate of drug-likeness (QED) is 0.773. The summed E-state index contributed by atoms with van der Waals surface area (Å²) in [7, 11) is 0. The summed E-state index contributed by atoms with van der Waals surface area (Å²) in [6, 6.07) is 6.92. The van der Waals surface area contributed by atoms with Crippen molar-refractivity contribution in [1.29, 1.82) is 0 Å². The van der Waals surface area contributed by atoms with Gasteiger partial charge in [-0.15, -0.1) is 0 Å². The average Bonchev–Trinajstić information content (AvgIpc) is 2.28. The summed E-state index contributed by atoms with van der Waals surface area (Å²) < 4.78 is 0. The Morgan fingerprint density at radius 2 is 2.25 bits per heavy atom. The molecule has 0 fully saturated rings. The van der Waals surface area contributed by atoms with E-state index < -0.39 is 0 Å². The lowest BCUT2D eigenvalue weighted by molar-refractivity contribution is 0.0919. The fourth-order valence-corrected chi connectivity index (χ4v) is 1.64. The molecule has 16 heavy (non-hydrogen) atoms. The summed E-state index contributed by atoms with van der Waals surface area (Å²) in [6.45, 7) is 3.60. The highest BCUT2D eigenvalue weighted by Gasteiger charge is 2.10. The van der Waals surface area contributed by atoms with Crippen LogP contribution in [0.2, 0.25) is 5.02 Å². The maximum absolute atomic E-state index is 11.9. The zero-order valence-corrected chi connectivity index (χ0v) is 10.1. The average molecular weight is 242 g/mol. The molecule has 0 aromatic heterocycles. The molecule has 0 heterocycles. The van der Waals surface area contributed by atoms with E-state index in [9.17, 15) is 4.79 Å². The van der Waals surface area contributed by atoms with Gasteiger partial charge in [0.2, 0.25) is 0 Å². The molecule has 88 valence electrons. The van der Waals surface area contributed by atoms with Crippen LogP contribution in [0, 0.1) is 0 Å². The summed E-state index contributed by atoms with van der Waals surface area (Å²) >= 11 is 5.81. The van der Waals surface area contributed by atoms with E-state index >= 15 is 0 Å². The maximum Gasteiger partial charge on any atom is 0.176 e. The van der Waals surface area contributed by atoms with Crippen molar-refractivity contribution in [1.82, 2.24) is 4.90 Å². The molecule has 0 unspecified atom stereocenters. The van der Waals surface area contributed by atoms with Gasteiger partial charge in [-0.25, -0.2) is 0 Å². The van der Waals surface area contributed by atoms with Gasteiger partial charge in [-0.3, -0.25) is 9.69 Å². The van der Waals surface area contributed by atoms with Gasteiger partial charge in [-0.2, -0.15) is 0 Å². The Morgan fingerprint density at radius 1 is 1.50 bits per heavy atom. The molecule has 0 aliphatic heterocycles. The van der Waals surface area contributed by atoms with Crippen molar-refractivity contribution < 1.29 is 9.90 Å². The molecular weight excluding hydrogens is 226 g/mol. The first-order valence-electron chi connectivity index (χ1n) is 5.29. The van der Waals surface area contributed by atoms with Gasteiger partial charge in [-0.1, -0.05) is 30.7 Å². The van der Waals surface area contributed by atoms with E-state index in [2.05, 4.69) is 0 Å². The normalized spacial score (nSPS) is 10.8. The van der Waals surface area contributed by atoms with Crippen molar-refractivity contribution in [3.63, 3.8) is 0 Å². The Morgan fingerprint density at radius 3 is 2.81 bits per heavy atom. The Kier molecular flexibility index (Phi) is 5.46. The van der Waals surface area contributed by atoms with E-state index in [1.54, 1.807) is 24.3 Å². The highest BCUT2D eigenvalue weighted by atomic mass is 35.5. The van der Waals surface area contributed by atoms with Crippen molar-refractivity contribution >= 4 is 17.4 Å². The number of aliphatic hydroxyl groups excluding tert-OH is 1. The van der Waals surface area contributed by atoms with Crippen LogP contribution in [0.5, 0.6) is 0 Å². The number of likely N-dealkylation sites (N-methyl/N-ethyl adjacent to an activating group) is 1. The third kappa shape index (κ3) is 3.93. The second-order valence-electron chi connectivity index (χ2n) is 3.53. The largest absolute Gasteiger partial charge is 0.395 e. The predicted molar refractivity (Wildman–Crippen MR) is 65.0 cm³/mol. The smallest absolute Gasteiger partial charge is 0.176 e. The number of ketones is 1. The van der Waals surface area contributed by atoms with Gasteiger partial charge in [0.05, 0.1) is 13.2 Å². The summed E-state index contributed by atoms with van der Waals surface area (Å²) in [5.41, 5.74) is 0.615. The molecule has 0 saturated heterocycles. The number of hydrogen-bond acceptors (Lipinski definition) is 3. The molecule has 0 amide bonds. The Bertz CT molecular complexity index is 355. The van der Waals surface area contributed by atoms with Crippen LogP contribution in [0.4, 0.5) is 0 Å². The second kappa shape index (κ2) is 6.63. The van der Waals surface area contributed by atoms with Crippen LogP contribution in [-0.2, 0) is 0 Å². The lowest BCUT2D eigenvalue weighted by Gasteiger charge is -2.17. The van der Waals surface area contributed by atoms with Gasteiger partial charge in [-0.05, 0) is 18.7 Å². The topological polar surface area (TPSA) is 40.5 Å². The number of Topliss-reactive ketones (excluding diaryl/α,β-unsaturated/α-hetero) is 1. The van der Waals surface area contributed by atoms with Gasteiger partial charge >= 0.3 is 0 Å². The summed E-state index contributed by atoms with van der Waals surface area (Å²) in [6.07, 6.45) is 0. The van der Waals surface area contributed by atoms with E-state index in [4.69, 9.17) is 16.7 Å². The molecule has 0 spiro atoms. The number of hydrogen-bond donors (Lipinski definition) is 1. The molecule has 1 aromatic carbocycles. The lowest BCUT2D eigenvalue weighted by atomic mass is 10.1. The molecule has 3 nitrogen and oxygen atoms in total. The van der Waals surface area contributed by atoms with Crippen molar-refractivity contribution in [2.24, 2.45) is 0 Å². The molecule has 0 aliphatic rings. The number of aliphatic hydroxyl groups is 1. The third-order valence-corrected chi connectivity index (χ3v) is 2.61. The van der Waals surface area contributed by atoms with Crippen LogP contribution < -0.4 is 0 Å². The number of benzene rings is 1. The van der Waals surface area contributed by atoms with Gasteiger partial charge in [0.15, 0.2) is 5.78 Å². The first kappa shape index (κ1) is 13.2. The minimum Gasteiger partial charge on any atom is -0.395 e. The Hall–Kier alpha value is -0.900. The first-order chi connectivity index (χ1) is 7.67. The molecule has 1 aromatic rings. The summed E-state index contributed by atoms with van der Waals surface area (Å²) in [5.74, 6) is 0.0257. The van der Waals surface area contributed by atoms with Crippen LogP contribution >= 0.6 is 11.6 Å². The van der Waals surface area contributed by atoms with Gasteiger partial charge in [0, 0.05) is 17.1 Å². The fourth-order valence-electron chi connectivity index (χ4n) is 1.45. The number of nitrogens with zero attached hydrogens (tertiary/aromatic N) is 1. The van der Waals surface area contributed by atoms with Crippen LogP contribution in [0.1, 0.15) is 17.3 Å². The lowest BCUT2D eigenvalue weighted by Crippen LogP contribution is -2.32. The maximum atomic E-state index is 11.9. The van der Waals surface area contributed by atoms with Crippen molar-refractivity contribution in [2.45, 2.75) is 6.92 Å². The molecule has 0 bridgehead atoms. The molecule has 4 heteroatoms. The zero-order chi connectivity index (χ0) is 12.0. The third-order valence-electron chi connectivity index (χ3n) is 2.38. The predicted octanol–water partition coefficient (Wildman–Crippen LogP) is 1.84. The summed E-state index contributed by atoms with van der Waals surface area (Å²) in [5, 5.41) is 9.39. The van der Waals surface area contributed by atoms with Crippen LogP contribution in [0.3, 0.4) is 0 Å². The first-order valence-corrected chi connectivity index (χ1v) is 5.67.